The van der Waals surface area contributed by atoms with Gasteiger partial charge in [0, 0.05) is 17.0 Å². The van der Waals surface area contributed by atoms with Gasteiger partial charge in [0.25, 0.3) is 0 Å². The molecule has 3 heteroatoms. The van der Waals surface area contributed by atoms with Gasteiger partial charge in [0.05, 0.1) is 0 Å². The maximum Gasteiger partial charge on any atom is 0.123 e. The van der Waals surface area contributed by atoms with Crippen LogP contribution >= 0.6 is 0 Å². The first kappa shape index (κ1) is 16.7. The summed E-state index contributed by atoms with van der Waals surface area (Å²) in [5.41, 5.74) is 2.43. The van der Waals surface area contributed by atoms with Gasteiger partial charge in [-0.25, -0.2) is 0 Å². The third-order valence-corrected chi connectivity index (χ3v) is 5.45. The van der Waals surface area contributed by atoms with E-state index in [2.05, 4.69) is 19.9 Å². The molecule has 0 aromatic heterocycles. The predicted molar refractivity (Wildman–Crippen MR) is 95.8 cm³/mol. The van der Waals surface area contributed by atoms with Crippen molar-refractivity contribution in [2.24, 2.45) is 0 Å². The van der Waals surface area contributed by atoms with E-state index >= 15 is 0 Å². The zero-order valence-electron chi connectivity index (χ0n) is 14.4. The van der Waals surface area contributed by atoms with Gasteiger partial charge in [-0.05, 0) is 42.0 Å². The molecule has 0 heterocycles. The highest BCUT2D eigenvalue weighted by Gasteiger charge is 2.28. The van der Waals surface area contributed by atoms with Crippen molar-refractivity contribution in [1.29, 1.82) is 0 Å². The van der Waals surface area contributed by atoms with Crippen LogP contribution in [0.3, 0.4) is 0 Å². The minimum Gasteiger partial charge on any atom is -0.508 e. The van der Waals surface area contributed by atoms with Gasteiger partial charge in [-0.2, -0.15) is 0 Å². The minimum atomic E-state index is -0.422. The molecule has 1 aliphatic carbocycles. The van der Waals surface area contributed by atoms with E-state index in [-0.39, 0.29) is 11.5 Å². The lowest BCUT2D eigenvalue weighted by atomic mass is 9.75. The molecule has 0 bridgehead atoms. The second kappa shape index (κ2) is 6.39. The normalized spacial score (nSPS) is 16.2. The summed E-state index contributed by atoms with van der Waals surface area (Å²) in [6.07, 6.45) is 5.97. The van der Waals surface area contributed by atoms with Gasteiger partial charge in [-0.1, -0.05) is 51.3 Å². The molecule has 2 aromatic rings. The summed E-state index contributed by atoms with van der Waals surface area (Å²) in [6.45, 7) is 4.10. The maximum atomic E-state index is 10.3. The molecule has 3 rings (SSSR count). The number of phenols is 3. The number of rotatable bonds is 3. The molecule has 0 spiro atoms. The Labute approximate surface area is 143 Å². The molecule has 0 unspecified atom stereocenters. The molecule has 128 valence electrons. The first-order valence-corrected chi connectivity index (χ1v) is 8.75. The van der Waals surface area contributed by atoms with Crippen LogP contribution in [0.4, 0.5) is 0 Å². The number of aromatic hydroxyl groups is 3. The summed E-state index contributed by atoms with van der Waals surface area (Å²) < 4.78 is 0. The van der Waals surface area contributed by atoms with E-state index in [0.717, 1.165) is 29.5 Å². The monoisotopic (exact) mass is 326 g/mol. The average Bonchev–Trinajstić information content (AvgIpc) is 2.55. The average molecular weight is 326 g/mol. The largest absolute Gasteiger partial charge is 0.508 e. The smallest absolute Gasteiger partial charge is 0.123 e. The highest BCUT2D eigenvalue weighted by molar-refractivity contribution is 5.50. The predicted octanol–water partition coefficient (Wildman–Crippen LogP) is 5.18. The van der Waals surface area contributed by atoms with Crippen molar-refractivity contribution in [2.45, 2.75) is 57.3 Å². The molecule has 1 saturated carbocycles. The van der Waals surface area contributed by atoms with Crippen LogP contribution in [-0.2, 0) is 5.41 Å². The lowest BCUT2D eigenvalue weighted by molar-refractivity contribution is 0.412. The summed E-state index contributed by atoms with van der Waals surface area (Å²) in [7, 11) is 0. The van der Waals surface area contributed by atoms with Crippen LogP contribution in [0.2, 0.25) is 0 Å². The summed E-state index contributed by atoms with van der Waals surface area (Å²) >= 11 is 0. The molecular formula is C21H26O3. The molecule has 0 radical (unpaired) electrons. The van der Waals surface area contributed by atoms with Crippen molar-refractivity contribution < 1.29 is 15.3 Å². The van der Waals surface area contributed by atoms with Gasteiger partial charge < -0.3 is 15.3 Å². The number of benzene rings is 2. The zero-order valence-corrected chi connectivity index (χ0v) is 14.4. The van der Waals surface area contributed by atoms with Crippen molar-refractivity contribution in [2.75, 3.05) is 0 Å². The molecule has 24 heavy (non-hydrogen) atoms. The van der Waals surface area contributed by atoms with E-state index < -0.39 is 5.41 Å². The quantitative estimate of drug-likeness (QED) is 0.728. The van der Waals surface area contributed by atoms with E-state index in [9.17, 15) is 15.3 Å². The third-order valence-electron chi connectivity index (χ3n) is 5.45. The maximum absolute atomic E-state index is 10.3. The summed E-state index contributed by atoms with van der Waals surface area (Å²) in [5.74, 6) is 0.937. The van der Waals surface area contributed by atoms with Gasteiger partial charge >= 0.3 is 0 Å². The SMILES string of the molecule is CC(C)(c1ccc(O)c(C2CCCCC2)c1)c1ccc(O)cc1O. The fourth-order valence-corrected chi connectivity index (χ4v) is 3.89. The molecule has 1 fully saturated rings. The second-order valence-electron chi connectivity index (χ2n) is 7.43. The van der Waals surface area contributed by atoms with E-state index in [4.69, 9.17) is 0 Å². The van der Waals surface area contributed by atoms with Crippen LogP contribution in [0.25, 0.3) is 0 Å². The first-order chi connectivity index (χ1) is 11.4. The topological polar surface area (TPSA) is 60.7 Å². The van der Waals surface area contributed by atoms with Crippen molar-refractivity contribution in [1.82, 2.24) is 0 Å². The van der Waals surface area contributed by atoms with E-state index in [1.54, 1.807) is 18.2 Å². The Morgan fingerprint density at radius 2 is 1.54 bits per heavy atom. The van der Waals surface area contributed by atoms with Crippen molar-refractivity contribution >= 4 is 0 Å². The number of hydrogen-bond donors (Lipinski definition) is 3. The fourth-order valence-electron chi connectivity index (χ4n) is 3.89. The van der Waals surface area contributed by atoms with Gasteiger partial charge in [0.15, 0.2) is 0 Å². The Hall–Kier alpha value is -2.16. The lowest BCUT2D eigenvalue weighted by Gasteiger charge is -2.29. The number of phenolic OH excluding ortho intramolecular Hbond substituents is 3. The van der Waals surface area contributed by atoms with Crippen LogP contribution in [0, 0.1) is 0 Å². The number of hydrogen-bond acceptors (Lipinski definition) is 3. The van der Waals surface area contributed by atoms with E-state index in [0.29, 0.717) is 11.7 Å². The van der Waals surface area contributed by atoms with Gasteiger partial charge in [-0.15, -0.1) is 0 Å². The van der Waals surface area contributed by atoms with Crippen LogP contribution in [0.15, 0.2) is 36.4 Å². The molecular weight excluding hydrogens is 300 g/mol. The molecule has 0 atom stereocenters. The third kappa shape index (κ3) is 3.08. The Kier molecular flexibility index (Phi) is 4.44. The second-order valence-corrected chi connectivity index (χ2v) is 7.43. The van der Waals surface area contributed by atoms with Crippen molar-refractivity contribution in [3.8, 4) is 17.2 Å². The molecule has 3 nitrogen and oxygen atoms in total. The van der Waals surface area contributed by atoms with Crippen molar-refractivity contribution in [3.63, 3.8) is 0 Å². The summed E-state index contributed by atoms with van der Waals surface area (Å²) in [6, 6.07) is 10.5. The highest BCUT2D eigenvalue weighted by Crippen LogP contribution is 2.42. The van der Waals surface area contributed by atoms with Gasteiger partial charge in [-0.3, -0.25) is 0 Å². The lowest BCUT2D eigenvalue weighted by Crippen LogP contribution is -2.19. The molecule has 2 aromatic carbocycles. The van der Waals surface area contributed by atoms with Crippen LogP contribution < -0.4 is 0 Å². The first-order valence-electron chi connectivity index (χ1n) is 8.75. The van der Waals surface area contributed by atoms with E-state index in [1.807, 2.05) is 6.07 Å². The highest BCUT2D eigenvalue weighted by atomic mass is 16.3. The van der Waals surface area contributed by atoms with Crippen molar-refractivity contribution in [3.05, 3.63) is 53.1 Å². The Morgan fingerprint density at radius 1 is 0.833 bits per heavy atom. The summed E-state index contributed by atoms with van der Waals surface area (Å²) in [5, 5.41) is 30.1. The molecule has 3 N–H and O–H groups in total. The van der Waals surface area contributed by atoms with Gasteiger partial charge in [0.1, 0.15) is 17.2 Å². The molecule has 1 aliphatic rings. The molecule has 0 amide bonds. The van der Waals surface area contributed by atoms with E-state index in [1.165, 1.54) is 25.3 Å². The standard InChI is InChI=1S/C21H26O3/c1-21(2,18-10-9-16(22)13-20(18)24)15-8-11-19(23)17(12-15)14-6-4-3-5-7-14/h8-14,22-24H,3-7H2,1-2H3. The summed E-state index contributed by atoms with van der Waals surface area (Å²) in [4.78, 5) is 0. The van der Waals surface area contributed by atoms with Crippen LogP contribution in [0.5, 0.6) is 17.2 Å². The molecule has 0 saturated heterocycles. The van der Waals surface area contributed by atoms with Crippen LogP contribution in [-0.4, -0.2) is 15.3 Å². The van der Waals surface area contributed by atoms with Crippen LogP contribution in [0.1, 0.15) is 68.6 Å². The Balaban J connectivity index is 2.01. The Morgan fingerprint density at radius 3 is 2.21 bits per heavy atom. The fraction of sp³-hybridized carbons (Fsp3) is 0.429. The Bertz CT molecular complexity index is 728. The molecule has 0 aliphatic heterocycles. The van der Waals surface area contributed by atoms with Gasteiger partial charge in [0.2, 0.25) is 0 Å². The minimum absolute atomic E-state index is 0.0562. The zero-order chi connectivity index (χ0) is 17.3.